The predicted octanol–water partition coefficient (Wildman–Crippen LogP) is 3.62. The average Bonchev–Trinajstić information content (AvgIpc) is 3.03. The van der Waals surface area contributed by atoms with Crippen LogP contribution in [-0.4, -0.2) is 42.8 Å². The minimum atomic E-state index is -1.18. The Morgan fingerprint density at radius 1 is 1.03 bits per heavy atom. The highest BCUT2D eigenvalue weighted by molar-refractivity contribution is 5.96. The maximum atomic E-state index is 13.0. The highest BCUT2D eigenvalue weighted by atomic mass is 16.8. The van der Waals surface area contributed by atoms with Gasteiger partial charge in [-0.15, -0.1) is 0 Å². The van der Waals surface area contributed by atoms with Crippen molar-refractivity contribution in [3.63, 3.8) is 0 Å². The Morgan fingerprint density at radius 3 is 2.40 bits per heavy atom. The van der Waals surface area contributed by atoms with E-state index in [2.05, 4.69) is 0 Å². The SMILES string of the molecule is CO[C@H]1C[C@@H]2OC(C)(C)O[C@@H]2[C@@H]2[C@H]1C(=O)C=CC21Oc2cccc3cccc(c23)O1. The van der Waals surface area contributed by atoms with Gasteiger partial charge in [0, 0.05) is 19.6 Å². The Hall–Kier alpha value is -2.41. The molecule has 0 aromatic heterocycles. The van der Waals surface area contributed by atoms with Crippen LogP contribution in [0.3, 0.4) is 0 Å². The minimum Gasteiger partial charge on any atom is -0.448 e. The van der Waals surface area contributed by atoms with Crippen molar-refractivity contribution in [1.82, 2.24) is 0 Å². The fourth-order valence-electron chi connectivity index (χ4n) is 5.68. The molecule has 2 heterocycles. The number of ether oxygens (including phenoxy) is 5. The van der Waals surface area contributed by atoms with E-state index in [4.69, 9.17) is 23.7 Å². The Labute approximate surface area is 174 Å². The zero-order chi connectivity index (χ0) is 20.7. The lowest BCUT2D eigenvalue weighted by Crippen LogP contribution is -2.65. The first-order chi connectivity index (χ1) is 14.4. The molecule has 1 saturated heterocycles. The molecule has 6 nitrogen and oxygen atoms in total. The second kappa shape index (κ2) is 6.06. The van der Waals surface area contributed by atoms with Crippen LogP contribution >= 0.6 is 0 Å². The van der Waals surface area contributed by atoms with Crippen LogP contribution in [0.25, 0.3) is 10.8 Å². The molecule has 1 saturated carbocycles. The fourth-order valence-corrected chi connectivity index (χ4v) is 5.68. The maximum absolute atomic E-state index is 13.0. The molecule has 2 aliphatic carbocycles. The molecule has 5 atom stereocenters. The molecule has 6 heteroatoms. The van der Waals surface area contributed by atoms with Crippen LogP contribution in [0.15, 0.2) is 48.6 Å². The molecule has 6 rings (SSSR count). The largest absolute Gasteiger partial charge is 0.448 e. The minimum absolute atomic E-state index is 0.00787. The molecule has 2 aliphatic heterocycles. The second-order valence-electron chi connectivity index (χ2n) is 8.97. The van der Waals surface area contributed by atoms with Crippen molar-refractivity contribution in [3.8, 4) is 11.5 Å². The maximum Gasteiger partial charge on any atom is 0.277 e. The molecule has 4 aliphatic rings. The molecule has 2 aromatic carbocycles. The van der Waals surface area contributed by atoms with Crippen molar-refractivity contribution in [1.29, 1.82) is 0 Å². The predicted molar refractivity (Wildman–Crippen MR) is 108 cm³/mol. The Bertz CT molecular complexity index is 1030. The van der Waals surface area contributed by atoms with E-state index < -0.39 is 23.4 Å². The third-order valence-corrected chi connectivity index (χ3v) is 6.77. The van der Waals surface area contributed by atoms with Crippen LogP contribution in [0, 0.1) is 11.8 Å². The van der Waals surface area contributed by atoms with Crippen molar-refractivity contribution in [3.05, 3.63) is 48.6 Å². The molecule has 156 valence electrons. The molecule has 1 spiro atoms. The van der Waals surface area contributed by atoms with E-state index >= 15 is 0 Å². The average molecular weight is 408 g/mol. The van der Waals surface area contributed by atoms with Crippen molar-refractivity contribution in [2.45, 2.75) is 50.2 Å². The molecule has 0 N–H and O–H groups in total. The molecule has 0 unspecified atom stereocenters. The Balaban J connectivity index is 1.52. The molecule has 2 aromatic rings. The van der Waals surface area contributed by atoms with Gasteiger partial charge in [0.1, 0.15) is 11.5 Å². The summed E-state index contributed by atoms with van der Waals surface area (Å²) in [5, 5.41) is 1.98. The van der Waals surface area contributed by atoms with Crippen molar-refractivity contribution < 1.29 is 28.5 Å². The quantitative estimate of drug-likeness (QED) is 0.718. The number of benzene rings is 2. The summed E-state index contributed by atoms with van der Waals surface area (Å²) in [4.78, 5) is 13.0. The first-order valence-electron chi connectivity index (χ1n) is 10.4. The van der Waals surface area contributed by atoms with Gasteiger partial charge in [-0.25, -0.2) is 0 Å². The lowest BCUT2D eigenvalue weighted by atomic mass is 9.65. The van der Waals surface area contributed by atoms with E-state index in [1.54, 1.807) is 19.3 Å². The fraction of sp³-hybridized carbons (Fsp3) is 0.458. The van der Waals surface area contributed by atoms with Gasteiger partial charge in [-0.2, -0.15) is 0 Å². The molecule has 2 fully saturated rings. The van der Waals surface area contributed by atoms with E-state index in [1.807, 2.05) is 50.2 Å². The van der Waals surface area contributed by atoms with E-state index in [0.717, 1.165) is 22.3 Å². The third-order valence-electron chi connectivity index (χ3n) is 6.77. The van der Waals surface area contributed by atoms with Gasteiger partial charge in [0.05, 0.1) is 35.5 Å². The Kier molecular flexibility index (Phi) is 3.71. The summed E-state index contributed by atoms with van der Waals surface area (Å²) in [6.45, 7) is 3.79. The van der Waals surface area contributed by atoms with E-state index in [0.29, 0.717) is 6.42 Å². The summed E-state index contributed by atoms with van der Waals surface area (Å²) in [5.41, 5.74) is 0. The summed E-state index contributed by atoms with van der Waals surface area (Å²) >= 11 is 0. The summed E-state index contributed by atoms with van der Waals surface area (Å²) in [6.07, 6.45) is 3.05. The zero-order valence-corrected chi connectivity index (χ0v) is 17.2. The molecular weight excluding hydrogens is 384 g/mol. The molecule has 0 radical (unpaired) electrons. The summed E-state index contributed by atoms with van der Waals surface area (Å²) in [7, 11) is 1.64. The number of carbonyl (C=O) groups excluding carboxylic acids is 1. The molecular formula is C24H24O6. The summed E-state index contributed by atoms with van der Waals surface area (Å²) in [5.74, 6) is -1.30. The lowest BCUT2D eigenvalue weighted by Gasteiger charge is -2.51. The van der Waals surface area contributed by atoms with Gasteiger partial charge in [0.25, 0.3) is 5.79 Å². The number of carbonyl (C=O) groups is 1. The van der Waals surface area contributed by atoms with Gasteiger partial charge in [0.15, 0.2) is 11.6 Å². The summed E-state index contributed by atoms with van der Waals surface area (Å²) in [6, 6.07) is 11.9. The molecule has 0 amide bonds. The number of rotatable bonds is 1. The topological polar surface area (TPSA) is 63.2 Å². The smallest absolute Gasteiger partial charge is 0.277 e. The first-order valence-corrected chi connectivity index (χ1v) is 10.4. The first kappa shape index (κ1) is 18.4. The molecule has 0 bridgehead atoms. The lowest BCUT2D eigenvalue weighted by molar-refractivity contribution is -0.213. The number of hydrogen-bond donors (Lipinski definition) is 0. The van der Waals surface area contributed by atoms with E-state index in [-0.39, 0.29) is 24.1 Å². The Morgan fingerprint density at radius 2 is 1.73 bits per heavy atom. The van der Waals surface area contributed by atoms with Crippen LogP contribution in [0.2, 0.25) is 0 Å². The van der Waals surface area contributed by atoms with Gasteiger partial charge < -0.3 is 23.7 Å². The number of hydrogen-bond acceptors (Lipinski definition) is 6. The highest BCUT2D eigenvalue weighted by Crippen LogP contribution is 2.54. The van der Waals surface area contributed by atoms with Crippen LogP contribution < -0.4 is 9.47 Å². The van der Waals surface area contributed by atoms with Gasteiger partial charge in [-0.1, -0.05) is 24.3 Å². The van der Waals surface area contributed by atoms with Gasteiger partial charge in [-0.05, 0) is 37.4 Å². The summed E-state index contributed by atoms with van der Waals surface area (Å²) < 4.78 is 31.4. The normalized spacial score (nSPS) is 34.9. The molecule has 30 heavy (non-hydrogen) atoms. The number of allylic oxidation sites excluding steroid dienone is 1. The van der Waals surface area contributed by atoms with Gasteiger partial charge in [-0.3, -0.25) is 4.79 Å². The van der Waals surface area contributed by atoms with Crippen molar-refractivity contribution in [2.75, 3.05) is 7.11 Å². The van der Waals surface area contributed by atoms with Gasteiger partial charge >= 0.3 is 0 Å². The van der Waals surface area contributed by atoms with E-state index in [9.17, 15) is 4.79 Å². The van der Waals surface area contributed by atoms with Crippen molar-refractivity contribution >= 4 is 16.6 Å². The standard InChI is InChI=1S/C24H24O6/c1-23(2)27-18-12-17(26-3)20-14(25)10-11-24(21(20)22(18)30-23)28-15-8-4-6-13-7-5-9-16(29-24)19(13)15/h4-11,17-18,20-22H,12H2,1-3H3/t17-,18-,20-,21-,22-/m0/s1. The zero-order valence-electron chi connectivity index (χ0n) is 17.2. The second-order valence-corrected chi connectivity index (χ2v) is 8.97. The highest BCUT2D eigenvalue weighted by Gasteiger charge is 2.65. The van der Waals surface area contributed by atoms with Crippen LogP contribution in [-0.2, 0) is 19.0 Å². The number of ketones is 1. The monoisotopic (exact) mass is 408 g/mol. The van der Waals surface area contributed by atoms with Crippen molar-refractivity contribution in [2.24, 2.45) is 11.8 Å². The van der Waals surface area contributed by atoms with E-state index in [1.165, 1.54) is 0 Å². The van der Waals surface area contributed by atoms with Gasteiger partial charge in [0.2, 0.25) is 0 Å². The third kappa shape index (κ3) is 2.44. The number of fused-ring (bicyclic) bond motifs is 4. The van der Waals surface area contributed by atoms with Crippen LogP contribution in [0.4, 0.5) is 0 Å². The van der Waals surface area contributed by atoms with Crippen LogP contribution in [0.1, 0.15) is 20.3 Å². The van der Waals surface area contributed by atoms with Crippen LogP contribution in [0.5, 0.6) is 11.5 Å². The number of methoxy groups -OCH3 is 1.